The van der Waals surface area contributed by atoms with Crippen LogP contribution in [0.5, 0.6) is 11.5 Å². The summed E-state index contributed by atoms with van der Waals surface area (Å²) in [7, 11) is 1.82. The number of guanidine groups is 1. The van der Waals surface area contributed by atoms with E-state index in [2.05, 4.69) is 65.9 Å². The molecule has 0 spiro atoms. The molecule has 2 aliphatic rings. The van der Waals surface area contributed by atoms with E-state index in [-0.39, 0.29) is 5.41 Å². The van der Waals surface area contributed by atoms with E-state index in [1.165, 1.54) is 16.7 Å². The average molecular weight is 424 g/mol. The van der Waals surface area contributed by atoms with Crippen molar-refractivity contribution in [3.8, 4) is 11.5 Å². The molecule has 2 heterocycles. The van der Waals surface area contributed by atoms with Crippen molar-refractivity contribution in [2.75, 3.05) is 40.1 Å². The lowest BCUT2D eigenvalue weighted by Gasteiger charge is -2.38. The normalized spacial score (nSPS) is 18.5. The number of nitrogens with one attached hydrogen (secondary N) is 2. The van der Waals surface area contributed by atoms with Gasteiger partial charge in [-0.25, -0.2) is 0 Å². The molecule has 1 unspecified atom stereocenters. The number of aliphatic imine (C=N–C) groups is 1. The van der Waals surface area contributed by atoms with Gasteiger partial charge in [0.1, 0.15) is 0 Å². The number of aryl methyl sites for hydroxylation is 1. The fourth-order valence-corrected chi connectivity index (χ4v) is 4.29. The molecule has 6 heteroatoms. The summed E-state index contributed by atoms with van der Waals surface area (Å²) >= 11 is 0. The highest BCUT2D eigenvalue weighted by molar-refractivity contribution is 5.79. The van der Waals surface area contributed by atoms with E-state index in [0.29, 0.717) is 12.7 Å². The third-order valence-corrected chi connectivity index (χ3v) is 6.47. The van der Waals surface area contributed by atoms with E-state index in [4.69, 9.17) is 14.2 Å². The summed E-state index contributed by atoms with van der Waals surface area (Å²) in [6.07, 6.45) is 1.91. The molecule has 166 valence electrons. The molecule has 6 nitrogen and oxygen atoms in total. The van der Waals surface area contributed by atoms with Crippen LogP contribution in [0.1, 0.15) is 42.4 Å². The average Bonchev–Trinajstić information content (AvgIpc) is 3.28. The molecule has 2 N–H and O–H groups in total. The van der Waals surface area contributed by atoms with Crippen molar-refractivity contribution in [2.45, 2.75) is 38.0 Å². The van der Waals surface area contributed by atoms with Gasteiger partial charge in [0.15, 0.2) is 17.5 Å². The van der Waals surface area contributed by atoms with Crippen molar-refractivity contribution in [2.24, 2.45) is 4.99 Å². The zero-order valence-corrected chi connectivity index (χ0v) is 18.7. The molecular formula is C25H33N3O3. The van der Waals surface area contributed by atoms with Crippen molar-refractivity contribution in [3.63, 3.8) is 0 Å². The van der Waals surface area contributed by atoms with Crippen LogP contribution in [0.25, 0.3) is 0 Å². The Hall–Kier alpha value is -2.73. The quantitative estimate of drug-likeness (QED) is 0.547. The Morgan fingerprint density at radius 3 is 2.52 bits per heavy atom. The van der Waals surface area contributed by atoms with Gasteiger partial charge >= 0.3 is 0 Å². The van der Waals surface area contributed by atoms with Gasteiger partial charge in [0.25, 0.3) is 0 Å². The summed E-state index contributed by atoms with van der Waals surface area (Å²) in [6, 6.07) is 15.0. The molecule has 1 atom stereocenters. The molecule has 4 rings (SSSR count). The molecule has 31 heavy (non-hydrogen) atoms. The summed E-state index contributed by atoms with van der Waals surface area (Å²) < 4.78 is 16.8. The molecule has 0 aliphatic carbocycles. The summed E-state index contributed by atoms with van der Waals surface area (Å²) in [5.74, 6) is 2.87. The van der Waals surface area contributed by atoms with Crippen LogP contribution >= 0.6 is 0 Å². The summed E-state index contributed by atoms with van der Waals surface area (Å²) in [5.41, 5.74) is 3.84. The second kappa shape index (κ2) is 9.60. The number of hydrogen-bond donors (Lipinski definition) is 2. The van der Waals surface area contributed by atoms with Crippen LogP contribution in [-0.2, 0) is 10.2 Å². The van der Waals surface area contributed by atoms with Gasteiger partial charge in [-0.3, -0.25) is 4.99 Å². The van der Waals surface area contributed by atoms with Crippen molar-refractivity contribution in [3.05, 3.63) is 59.2 Å². The van der Waals surface area contributed by atoms with Gasteiger partial charge in [-0.1, -0.05) is 42.8 Å². The highest BCUT2D eigenvalue weighted by Crippen LogP contribution is 2.40. The van der Waals surface area contributed by atoms with Crippen LogP contribution in [0.4, 0.5) is 0 Å². The van der Waals surface area contributed by atoms with Crippen LogP contribution in [0.2, 0.25) is 0 Å². The lowest BCUT2D eigenvalue weighted by Crippen LogP contribution is -2.48. The van der Waals surface area contributed by atoms with E-state index in [1.54, 1.807) is 0 Å². The monoisotopic (exact) mass is 423 g/mol. The highest BCUT2D eigenvalue weighted by atomic mass is 16.7. The summed E-state index contributed by atoms with van der Waals surface area (Å²) in [6.45, 7) is 7.77. The van der Waals surface area contributed by atoms with Gasteiger partial charge in [-0.2, -0.15) is 0 Å². The van der Waals surface area contributed by atoms with Gasteiger partial charge in [0.05, 0.1) is 0 Å². The summed E-state index contributed by atoms with van der Waals surface area (Å²) in [4.78, 5) is 4.45. The Labute approximate surface area is 185 Å². The predicted molar refractivity (Wildman–Crippen MR) is 123 cm³/mol. The zero-order valence-electron chi connectivity index (χ0n) is 18.7. The number of hydrogen-bond acceptors (Lipinski definition) is 4. The van der Waals surface area contributed by atoms with E-state index >= 15 is 0 Å². The second-order valence-corrected chi connectivity index (χ2v) is 8.58. The van der Waals surface area contributed by atoms with E-state index in [1.807, 2.05) is 13.1 Å². The maximum absolute atomic E-state index is 5.68. The van der Waals surface area contributed by atoms with E-state index in [0.717, 1.165) is 56.6 Å². The third kappa shape index (κ3) is 4.96. The van der Waals surface area contributed by atoms with Crippen molar-refractivity contribution >= 4 is 5.96 Å². The number of nitrogens with zero attached hydrogens (tertiary/aromatic N) is 1. The lowest BCUT2D eigenvalue weighted by molar-refractivity contribution is 0.0513. The molecular weight excluding hydrogens is 390 g/mol. The Morgan fingerprint density at radius 1 is 1.03 bits per heavy atom. The van der Waals surface area contributed by atoms with Crippen LogP contribution in [0.3, 0.4) is 0 Å². The highest BCUT2D eigenvalue weighted by Gasteiger charge is 2.35. The maximum atomic E-state index is 5.68. The molecule has 0 bridgehead atoms. The van der Waals surface area contributed by atoms with Crippen LogP contribution < -0.4 is 20.1 Å². The van der Waals surface area contributed by atoms with Gasteiger partial charge in [0, 0.05) is 38.8 Å². The van der Waals surface area contributed by atoms with Gasteiger partial charge in [0.2, 0.25) is 6.79 Å². The maximum Gasteiger partial charge on any atom is 0.231 e. The van der Waals surface area contributed by atoms with Crippen LogP contribution in [-0.4, -0.2) is 46.1 Å². The number of ether oxygens (including phenoxy) is 3. The first kappa shape index (κ1) is 21.5. The molecule has 1 fully saturated rings. The van der Waals surface area contributed by atoms with Gasteiger partial charge < -0.3 is 24.8 Å². The number of rotatable bonds is 6. The minimum atomic E-state index is -0.0284. The van der Waals surface area contributed by atoms with Gasteiger partial charge in [-0.15, -0.1) is 0 Å². The molecule has 0 aromatic heterocycles. The first-order chi connectivity index (χ1) is 15.1. The van der Waals surface area contributed by atoms with Crippen LogP contribution in [0.15, 0.2) is 47.5 Å². The van der Waals surface area contributed by atoms with Gasteiger partial charge in [-0.05, 0) is 48.9 Å². The van der Waals surface area contributed by atoms with E-state index < -0.39 is 0 Å². The standard InChI is InChI=1S/C25H33N3O3/c1-18-4-6-20(7-5-18)19(2)15-27-24(26-3)28-16-25(10-12-29-13-11-25)21-8-9-22-23(14-21)31-17-30-22/h4-9,14,19H,10-13,15-17H2,1-3H3,(H2,26,27,28). The topological polar surface area (TPSA) is 64.1 Å². The molecule has 0 saturated carbocycles. The minimum absolute atomic E-state index is 0.0284. The number of fused-ring (bicyclic) bond motifs is 1. The molecule has 0 radical (unpaired) electrons. The Morgan fingerprint density at radius 2 is 1.77 bits per heavy atom. The molecule has 2 aromatic carbocycles. The Bertz CT molecular complexity index is 905. The SMILES string of the molecule is CN=C(NCC(C)c1ccc(C)cc1)NCC1(c2ccc3c(c2)OCO3)CCOCC1. The molecule has 1 saturated heterocycles. The largest absolute Gasteiger partial charge is 0.454 e. The second-order valence-electron chi connectivity index (χ2n) is 8.58. The Kier molecular flexibility index (Phi) is 6.66. The number of benzene rings is 2. The van der Waals surface area contributed by atoms with Crippen molar-refractivity contribution < 1.29 is 14.2 Å². The fourth-order valence-electron chi connectivity index (χ4n) is 4.29. The molecule has 2 aromatic rings. The Balaban J connectivity index is 1.41. The molecule has 2 aliphatic heterocycles. The van der Waals surface area contributed by atoms with Crippen LogP contribution in [0, 0.1) is 6.92 Å². The van der Waals surface area contributed by atoms with E-state index in [9.17, 15) is 0 Å². The third-order valence-electron chi connectivity index (χ3n) is 6.47. The molecule has 0 amide bonds. The fraction of sp³-hybridized carbons (Fsp3) is 0.480. The minimum Gasteiger partial charge on any atom is -0.454 e. The van der Waals surface area contributed by atoms with Crippen molar-refractivity contribution in [1.82, 2.24) is 10.6 Å². The first-order valence-electron chi connectivity index (χ1n) is 11.1. The summed E-state index contributed by atoms with van der Waals surface area (Å²) in [5, 5.41) is 7.07. The lowest BCUT2D eigenvalue weighted by atomic mass is 9.74. The first-order valence-corrected chi connectivity index (χ1v) is 11.1. The van der Waals surface area contributed by atoms with Crippen molar-refractivity contribution in [1.29, 1.82) is 0 Å². The predicted octanol–water partition coefficient (Wildman–Crippen LogP) is 3.74. The zero-order chi connectivity index (χ0) is 21.7. The smallest absolute Gasteiger partial charge is 0.231 e.